The van der Waals surface area contributed by atoms with Gasteiger partial charge in [0.05, 0.1) is 12.2 Å². The van der Waals surface area contributed by atoms with E-state index in [1.807, 2.05) is 11.6 Å². The van der Waals surface area contributed by atoms with E-state index in [-0.39, 0.29) is 5.75 Å². The van der Waals surface area contributed by atoms with Crippen molar-refractivity contribution in [1.82, 2.24) is 25.1 Å². The predicted molar refractivity (Wildman–Crippen MR) is 69.6 cm³/mol. The van der Waals surface area contributed by atoms with Gasteiger partial charge in [0.25, 0.3) is 0 Å². The van der Waals surface area contributed by atoms with Crippen LogP contribution < -0.4 is 5.32 Å². The Bertz CT molecular complexity index is 580. The minimum atomic E-state index is 0.246. The van der Waals surface area contributed by atoms with E-state index in [4.69, 9.17) is 0 Å². The van der Waals surface area contributed by atoms with Crippen LogP contribution in [0.25, 0.3) is 0 Å². The number of hydrogen-bond donors (Lipinski definition) is 2. The molecule has 2 N–H and O–H groups in total. The summed E-state index contributed by atoms with van der Waals surface area (Å²) in [5.41, 5.74) is 1.61. The van der Waals surface area contributed by atoms with Gasteiger partial charge in [0.1, 0.15) is 17.9 Å². The van der Waals surface area contributed by atoms with Crippen molar-refractivity contribution in [2.45, 2.75) is 38.9 Å². The molecule has 1 aliphatic heterocycles. The smallest absolute Gasteiger partial charge is 0.138 e. The van der Waals surface area contributed by atoms with E-state index in [0.29, 0.717) is 18.3 Å². The molecule has 0 saturated heterocycles. The molecule has 0 amide bonds. The first kappa shape index (κ1) is 12.1. The normalized spacial score (nSPS) is 18.3. The van der Waals surface area contributed by atoms with E-state index >= 15 is 0 Å². The predicted octanol–water partition coefficient (Wildman–Crippen LogP) is 0.792. The fourth-order valence-electron chi connectivity index (χ4n) is 2.38. The Morgan fingerprint density at radius 2 is 2.37 bits per heavy atom. The van der Waals surface area contributed by atoms with Gasteiger partial charge in [0.2, 0.25) is 0 Å². The van der Waals surface area contributed by atoms with Crippen LogP contribution in [0.3, 0.4) is 0 Å². The molecule has 0 bridgehead atoms. The lowest BCUT2D eigenvalue weighted by Gasteiger charge is -2.23. The lowest BCUT2D eigenvalue weighted by atomic mass is 10.1. The summed E-state index contributed by atoms with van der Waals surface area (Å²) in [6, 6.07) is 3.84. The fraction of sp³-hybridized carbons (Fsp3) is 0.462. The molecule has 0 radical (unpaired) electrons. The highest BCUT2D eigenvalue weighted by molar-refractivity contribution is 5.27. The molecule has 1 atom stereocenters. The minimum absolute atomic E-state index is 0.246. The molecular weight excluding hydrogens is 242 g/mol. The Balaban J connectivity index is 1.63. The van der Waals surface area contributed by atoms with Crippen molar-refractivity contribution >= 4 is 0 Å². The summed E-state index contributed by atoms with van der Waals surface area (Å²) in [5, 5.41) is 17.4. The third-order valence-corrected chi connectivity index (χ3v) is 3.45. The Kier molecular flexibility index (Phi) is 3.16. The molecule has 0 spiro atoms. The molecule has 0 aliphatic carbocycles. The number of rotatable bonds is 3. The molecule has 0 unspecified atom stereocenters. The van der Waals surface area contributed by atoms with Crippen LogP contribution in [-0.2, 0) is 19.5 Å². The van der Waals surface area contributed by atoms with E-state index < -0.39 is 0 Å². The number of pyridine rings is 1. The Morgan fingerprint density at radius 1 is 1.47 bits per heavy atom. The maximum Gasteiger partial charge on any atom is 0.138 e. The van der Waals surface area contributed by atoms with Crippen LogP contribution in [0, 0.1) is 6.92 Å². The van der Waals surface area contributed by atoms with E-state index in [2.05, 4.69) is 20.4 Å². The zero-order chi connectivity index (χ0) is 13.2. The molecule has 100 valence electrons. The van der Waals surface area contributed by atoms with Crippen molar-refractivity contribution in [1.29, 1.82) is 0 Å². The molecule has 3 heterocycles. The first-order valence-corrected chi connectivity index (χ1v) is 6.48. The molecule has 0 aromatic carbocycles. The number of aromatic nitrogens is 4. The Hall–Kier alpha value is -1.95. The Morgan fingerprint density at radius 3 is 3.26 bits per heavy atom. The highest BCUT2D eigenvalue weighted by Gasteiger charge is 2.19. The number of aryl methyl sites for hydroxylation is 2. The fourth-order valence-corrected chi connectivity index (χ4v) is 2.38. The molecule has 2 aromatic heterocycles. The van der Waals surface area contributed by atoms with Crippen molar-refractivity contribution < 1.29 is 5.11 Å². The second-order valence-electron chi connectivity index (χ2n) is 4.89. The molecule has 0 saturated carbocycles. The van der Waals surface area contributed by atoms with E-state index in [9.17, 15) is 5.11 Å². The zero-order valence-electron chi connectivity index (χ0n) is 10.9. The monoisotopic (exact) mass is 259 g/mol. The molecule has 19 heavy (non-hydrogen) atoms. The molecule has 3 rings (SSSR count). The number of nitrogens with zero attached hydrogens (tertiary/aromatic N) is 4. The van der Waals surface area contributed by atoms with Crippen LogP contribution in [-0.4, -0.2) is 30.9 Å². The van der Waals surface area contributed by atoms with Crippen LogP contribution in [0.5, 0.6) is 5.75 Å². The molecule has 0 fully saturated rings. The van der Waals surface area contributed by atoms with Gasteiger partial charge in [-0.15, -0.1) is 0 Å². The van der Waals surface area contributed by atoms with Gasteiger partial charge < -0.3 is 10.4 Å². The van der Waals surface area contributed by atoms with Crippen molar-refractivity contribution in [2.24, 2.45) is 0 Å². The van der Waals surface area contributed by atoms with Gasteiger partial charge in [-0.05, 0) is 25.5 Å². The summed E-state index contributed by atoms with van der Waals surface area (Å²) < 4.78 is 1.94. The second kappa shape index (κ2) is 4.97. The maximum absolute atomic E-state index is 9.76. The average Bonchev–Trinajstić information content (AvgIpc) is 2.87. The van der Waals surface area contributed by atoms with Gasteiger partial charge in [-0.2, -0.15) is 5.10 Å². The van der Waals surface area contributed by atoms with Gasteiger partial charge in [-0.25, -0.2) is 9.67 Å². The average molecular weight is 259 g/mol. The highest BCUT2D eigenvalue weighted by atomic mass is 16.3. The van der Waals surface area contributed by atoms with Crippen molar-refractivity contribution in [3.63, 3.8) is 0 Å². The standard InChI is InChI=1S/C13H17N5O/c1-9-2-4-12(19)11(17-9)6-14-10-3-5-13-15-8-16-18(13)7-10/h2,4,8,10,14,19H,3,5-7H2,1H3/t10-/m0/s1. The van der Waals surface area contributed by atoms with E-state index in [0.717, 1.165) is 30.9 Å². The third-order valence-electron chi connectivity index (χ3n) is 3.45. The quantitative estimate of drug-likeness (QED) is 0.852. The second-order valence-corrected chi connectivity index (χ2v) is 4.89. The van der Waals surface area contributed by atoms with Gasteiger partial charge in [-0.1, -0.05) is 0 Å². The largest absolute Gasteiger partial charge is 0.506 e. The summed E-state index contributed by atoms with van der Waals surface area (Å²) in [4.78, 5) is 8.55. The summed E-state index contributed by atoms with van der Waals surface area (Å²) in [6.07, 6.45) is 3.57. The summed E-state index contributed by atoms with van der Waals surface area (Å²) in [6.45, 7) is 3.31. The van der Waals surface area contributed by atoms with Gasteiger partial charge in [0.15, 0.2) is 0 Å². The minimum Gasteiger partial charge on any atom is -0.506 e. The first-order chi connectivity index (χ1) is 9.22. The highest BCUT2D eigenvalue weighted by Crippen LogP contribution is 2.16. The third kappa shape index (κ3) is 2.58. The molecule has 6 nitrogen and oxygen atoms in total. The lowest BCUT2D eigenvalue weighted by Crippen LogP contribution is -2.37. The van der Waals surface area contributed by atoms with Crippen LogP contribution in [0.2, 0.25) is 0 Å². The number of fused-ring (bicyclic) bond motifs is 1. The maximum atomic E-state index is 9.76. The van der Waals surface area contributed by atoms with E-state index in [1.54, 1.807) is 18.5 Å². The molecule has 1 aliphatic rings. The van der Waals surface area contributed by atoms with Crippen LogP contribution >= 0.6 is 0 Å². The van der Waals surface area contributed by atoms with E-state index in [1.165, 1.54) is 0 Å². The lowest BCUT2D eigenvalue weighted by molar-refractivity contribution is 0.353. The van der Waals surface area contributed by atoms with Gasteiger partial charge >= 0.3 is 0 Å². The van der Waals surface area contributed by atoms with Crippen molar-refractivity contribution in [3.8, 4) is 5.75 Å². The first-order valence-electron chi connectivity index (χ1n) is 6.48. The molecular formula is C13H17N5O. The summed E-state index contributed by atoms with van der Waals surface area (Å²) >= 11 is 0. The van der Waals surface area contributed by atoms with Crippen LogP contribution in [0.15, 0.2) is 18.5 Å². The van der Waals surface area contributed by atoms with Gasteiger partial charge in [-0.3, -0.25) is 4.98 Å². The zero-order valence-corrected chi connectivity index (χ0v) is 10.9. The summed E-state index contributed by atoms with van der Waals surface area (Å²) in [7, 11) is 0. The van der Waals surface area contributed by atoms with Gasteiger partial charge in [0, 0.05) is 24.7 Å². The molecule has 6 heteroatoms. The SMILES string of the molecule is Cc1ccc(O)c(CN[C@H]2CCc3ncnn3C2)n1. The number of aromatic hydroxyl groups is 1. The Labute approximate surface area is 111 Å². The topological polar surface area (TPSA) is 75.9 Å². The molecule has 2 aromatic rings. The van der Waals surface area contributed by atoms with Crippen molar-refractivity contribution in [2.75, 3.05) is 0 Å². The number of nitrogens with one attached hydrogen (secondary N) is 1. The summed E-state index contributed by atoms with van der Waals surface area (Å²) in [5.74, 6) is 1.30. The van der Waals surface area contributed by atoms with Crippen LogP contribution in [0.1, 0.15) is 23.6 Å². The van der Waals surface area contributed by atoms with Crippen LogP contribution in [0.4, 0.5) is 0 Å². The number of hydrogen-bond acceptors (Lipinski definition) is 5. The van der Waals surface area contributed by atoms with Crippen molar-refractivity contribution in [3.05, 3.63) is 35.7 Å².